The molecule has 6 rings (SSSR count). The summed E-state index contributed by atoms with van der Waals surface area (Å²) in [5, 5.41) is 3.50. The van der Waals surface area contributed by atoms with Crippen molar-refractivity contribution in [3.05, 3.63) is 36.8 Å². The third-order valence-electron chi connectivity index (χ3n) is 7.59. The summed E-state index contributed by atoms with van der Waals surface area (Å²) < 4.78 is 23.4. The highest BCUT2D eigenvalue weighted by molar-refractivity contribution is 5.85. The molecule has 0 spiro atoms. The molecular formula is C28H37N7O4. The summed E-state index contributed by atoms with van der Waals surface area (Å²) >= 11 is 0. The monoisotopic (exact) mass is 535 g/mol. The van der Waals surface area contributed by atoms with Gasteiger partial charge in [-0.3, -0.25) is 9.88 Å². The van der Waals surface area contributed by atoms with Gasteiger partial charge in [0, 0.05) is 75.2 Å². The normalized spacial score (nSPS) is 22.5. The minimum atomic E-state index is 0.129. The van der Waals surface area contributed by atoms with Crippen molar-refractivity contribution in [1.29, 1.82) is 0 Å². The van der Waals surface area contributed by atoms with E-state index in [1.165, 1.54) is 0 Å². The molecule has 2 aromatic heterocycles. The number of hydrogen-bond donors (Lipinski definition) is 1. The summed E-state index contributed by atoms with van der Waals surface area (Å²) in [6, 6.07) is 6.32. The molecule has 0 unspecified atom stereocenters. The average molecular weight is 536 g/mol. The van der Waals surface area contributed by atoms with Crippen molar-refractivity contribution in [3.8, 4) is 11.6 Å². The molecule has 39 heavy (non-hydrogen) atoms. The summed E-state index contributed by atoms with van der Waals surface area (Å²) in [5.41, 5.74) is 2.78. The number of anilines is 2. The molecule has 0 amide bonds. The Morgan fingerprint density at radius 3 is 2.46 bits per heavy atom. The van der Waals surface area contributed by atoms with Crippen molar-refractivity contribution in [2.45, 2.75) is 37.8 Å². The number of rotatable bonds is 9. The molecule has 0 atom stereocenters. The van der Waals surface area contributed by atoms with E-state index in [9.17, 15) is 0 Å². The maximum absolute atomic E-state index is 6.56. The third kappa shape index (κ3) is 6.84. The maximum Gasteiger partial charge on any atom is 0.226 e. The fourth-order valence-corrected chi connectivity index (χ4v) is 5.41. The summed E-state index contributed by atoms with van der Waals surface area (Å²) in [7, 11) is 0. The molecule has 0 radical (unpaired) electrons. The molecule has 1 aliphatic carbocycles. The van der Waals surface area contributed by atoms with E-state index in [1.807, 2.05) is 6.07 Å². The fourth-order valence-electron chi connectivity index (χ4n) is 5.41. The van der Waals surface area contributed by atoms with Crippen LogP contribution in [0.25, 0.3) is 11.0 Å². The highest BCUT2D eigenvalue weighted by Gasteiger charge is 2.25. The smallest absolute Gasteiger partial charge is 0.226 e. The molecule has 11 heteroatoms. The molecule has 1 aromatic carbocycles. The third-order valence-corrected chi connectivity index (χ3v) is 7.59. The van der Waals surface area contributed by atoms with Gasteiger partial charge in [-0.2, -0.15) is 4.98 Å². The van der Waals surface area contributed by atoms with Gasteiger partial charge in [0.2, 0.25) is 11.8 Å². The Balaban J connectivity index is 1.02. The van der Waals surface area contributed by atoms with Crippen LogP contribution in [0.1, 0.15) is 25.7 Å². The van der Waals surface area contributed by atoms with Crippen LogP contribution in [0.4, 0.5) is 11.6 Å². The molecule has 1 saturated carbocycles. The van der Waals surface area contributed by atoms with E-state index in [2.05, 4.69) is 47.2 Å². The van der Waals surface area contributed by atoms with Crippen LogP contribution in [0, 0.1) is 0 Å². The minimum Gasteiger partial charge on any atom is -0.488 e. The van der Waals surface area contributed by atoms with Crippen LogP contribution in [0.2, 0.25) is 0 Å². The zero-order valence-electron chi connectivity index (χ0n) is 22.3. The molecule has 1 N–H and O–H groups in total. The predicted molar refractivity (Wildman–Crippen MR) is 148 cm³/mol. The first-order valence-electron chi connectivity index (χ1n) is 14.1. The SMILES string of the molecule is c1cc(OCCN2CCOCC2)nc(N[C@H]2CC[C@@H](Oc3cc(N4CCOCC4)cc4nccnc34)CC2)n1. The van der Waals surface area contributed by atoms with Gasteiger partial charge in [0.05, 0.1) is 38.0 Å². The van der Waals surface area contributed by atoms with Crippen LogP contribution in [0.15, 0.2) is 36.8 Å². The van der Waals surface area contributed by atoms with E-state index < -0.39 is 0 Å². The van der Waals surface area contributed by atoms with Gasteiger partial charge in [-0.25, -0.2) is 9.97 Å². The van der Waals surface area contributed by atoms with Crippen molar-refractivity contribution in [1.82, 2.24) is 24.8 Å². The van der Waals surface area contributed by atoms with Crippen molar-refractivity contribution < 1.29 is 18.9 Å². The molecule has 2 aliphatic heterocycles. The lowest BCUT2D eigenvalue weighted by Gasteiger charge is -2.31. The average Bonchev–Trinajstić information content (AvgIpc) is 2.99. The van der Waals surface area contributed by atoms with Gasteiger partial charge in [-0.1, -0.05) is 0 Å². The number of ether oxygens (including phenoxy) is 4. The van der Waals surface area contributed by atoms with E-state index in [0.717, 1.165) is 107 Å². The Hall–Kier alpha value is -3.28. The fraction of sp³-hybridized carbons (Fsp3) is 0.571. The number of nitrogens with zero attached hydrogens (tertiary/aromatic N) is 6. The van der Waals surface area contributed by atoms with Gasteiger partial charge in [0.1, 0.15) is 17.9 Å². The lowest BCUT2D eigenvalue weighted by molar-refractivity contribution is 0.0320. The van der Waals surface area contributed by atoms with E-state index >= 15 is 0 Å². The Kier molecular flexibility index (Phi) is 8.47. The van der Waals surface area contributed by atoms with Gasteiger partial charge < -0.3 is 29.2 Å². The van der Waals surface area contributed by atoms with Crippen LogP contribution in [0.5, 0.6) is 11.6 Å². The van der Waals surface area contributed by atoms with Crippen molar-refractivity contribution in [3.63, 3.8) is 0 Å². The zero-order chi connectivity index (χ0) is 26.3. The van der Waals surface area contributed by atoms with Gasteiger partial charge in [0.25, 0.3) is 0 Å². The first-order valence-corrected chi connectivity index (χ1v) is 14.1. The highest BCUT2D eigenvalue weighted by Crippen LogP contribution is 2.33. The molecule has 4 heterocycles. The lowest BCUT2D eigenvalue weighted by Crippen LogP contribution is -2.38. The van der Waals surface area contributed by atoms with E-state index in [4.69, 9.17) is 18.9 Å². The lowest BCUT2D eigenvalue weighted by atomic mass is 9.93. The zero-order valence-corrected chi connectivity index (χ0v) is 22.3. The maximum atomic E-state index is 6.56. The Bertz CT molecular complexity index is 1210. The first kappa shape index (κ1) is 26.0. The number of morpholine rings is 2. The topological polar surface area (TPSA) is 107 Å². The summed E-state index contributed by atoms with van der Waals surface area (Å²) in [6.45, 7) is 8.17. The highest BCUT2D eigenvalue weighted by atomic mass is 16.5. The number of nitrogens with one attached hydrogen (secondary N) is 1. The van der Waals surface area contributed by atoms with Crippen molar-refractivity contribution >= 4 is 22.7 Å². The summed E-state index contributed by atoms with van der Waals surface area (Å²) in [6.07, 6.45) is 9.17. The molecule has 0 bridgehead atoms. The minimum absolute atomic E-state index is 0.129. The molecule has 3 aromatic rings. The molecular weight excluding hydrogens is 498 g/mol. The summed E-state index contributed by atoms with van der Waals surface area (Å²) in [4.78, 5) is 22.8. The number of hydrogen-bond acceptors (Lipinski definition) is 11. The molecule has 2 saturated heterocycles. The molecule has 208 valence electrons. The Morgan fingerprint density at radius 1 is 0.872 bits per heavy atom. The second kappa shape index (κ2) is 12.7. The molecule has 11 nitrogen and oxygen atoms in total. The standard InChI is InChI=1S/C28H37N7O4/c1-3-23(39-25-20-22(35-12-16-37-17-13-35)19-24-27(25)30-8-7-29-24)4-2-21(1)32-28-31-6-5-26(33-28)38-18-11-34-9-14-36-15-10-34/h5-8,19-21,23H,1-4,9-18H2,(H,31,32,33)/t21-,23+. The van der Waals surface area contributed by atoms with Gasteiger partial charge >= 0.3 is 0 Å². The van der Waals surface area contributed by atoms with E-state index in [1.54, 1.807) is 18.6 Å². The Morgan fingerprint density at radius 2 is 1.64 bits per heavy atom. The van der Waals surface area contributed by atoms with Gasteiger partial charge in [-0.05, 0) is 31.7 Å². The van der Waals surface area contributed by atoms with Crippen LogP contribution < -0.4 is 19.7 Å². The predicted octanol–water partition coefficient (Wildman–Crippen LogP) is 2.77. The number of fused-ring (bicyclic) bond motifs is 1. The van der Waals surface area contributed by atoms with Crippen molar-refractivity contribution in [2.24, 2.45) is 0 Å². The molecule has 3 fully saturated rings. The number of benzene rings is 1. The second-order valence-electron chi connectivity index (χ2n) is 10.2. The van der Waals surface area contributed by atoms with Gasteiger partial charge in [0.15, 0.2) is 0 Å². The van der Waals surface area contributed by atoms with Crippen molar-refractivity contribution in [2.75, 3.05) is 76.0 Å². The molecule has 3 aliphatic rings. The van der Waals surface area contributed by atoms with Gasteiger partial charge in [-0.15, -0.1) is 0 Å². The van der Waals surface area contributed by atoms with E-state index in [0.29, 0.717) is 24.5 Å². The van der Waals surface area contributed by atoms with Crippen LogP contribution in [-0.4, -0.2) is 103 Å². The van der Waals surface area contributed by atoms with E-state index in [-0.39, 0.29) is 6.10 Å². The van der Waals surface area contributed by atoms with Crippen LogP contribution in [0.3, 0.4) is 0 Å². The second-order valence-corrected chi connectivity index (χ2v) is 10.2. The largest absolute Gasteiger partial charge is 0.488 e. The first-order chi connectivity index (χ1) is 19.3. The quantitative estimate of drug-likeness (QED) is 0.437. The van der Waals surface area contributed by atoms with Crippen LogP contribution >= 0.6 is 0 Å². The number of aromatic nitrogens is 4. The Labute approximate surface area is 228 Å². The summed E-state index contributed by atoms with van der Waals surface area (Å²) in [5.74, 6) is 2.03. The van der Waals surface area contributed by atoms with Crippen LogP contribution in [-0.2, 0) is 9.47 Å².